The Hall–Kier alpha value is 0.113. The van der Waals surface area contributed by atoms with Gasteiger partial charge < -0.3 is 16.0 Å². The second-order valence-electron chi connectivity index (χ2n) is 2.80. The second-order valence-corrected chi connectivity index (χ2v) is 2.80. The summed E-state index contributed by atoms with van der Waals surface area (Å²) in [5, 5.41) is 10.5. The standard InChI is InChI=1S/C6H7.3C2H6N.Zr/c1-6-4-2-3-5-6;3*1-3-2;/h2-5H,1H3;3*1-2H3;/q4*-1;+4. The van der Waals surface area contributed by atoms with Gasteiger partial charge in [-0.3, -0.25) is 0 Å². The van der Waals surface area contributed by atoms with Crippen LogP contribution >= 0.6 is 0 Å². The fourth-order valence-corrected chi connectivity index (χ4v) is 0.470. The van der Waals surface area contributed by atoms with Crippen LogP contribution in [-0.4, -0.2) is 42.3 Å². The smallest absolute Gasteiger partial charge is 0.668 e. The molecule has 0 amide bonds. The van der Waals surface area contributed by atoms with E-state index in [1.165, 1.54) is 5.56 Å². The van der Waals surface area contributed by atoms with Crippen LogP contribution in [0.2, 0.25) is 0 Å². The van der Waals surface area contributed by atoms with E-state index in [0.29, 0.717) is 0 Å². The molecule has 16 heavy (non-hydrogen) atoms. The first-order valence-corrected chi connectivity index (χ1v) is 4.76. The van der Waals surface area contributed by atoms with Crippen molar-refractivity contribution in [2.24, 2.45) is 0 Å². The largest absolute Gasteiger partial charge is 4.00 e. The average molecular weight is 303 g/mol. The summed E-state index contributed by atoms with van der Waals surface area (Å²) in [5.74, 6) is 0. The van der Waals surface area contributed by atoms with E-state index in [-0.39, 0.29) is 26.2 Å². The van der Waals surface area contributed by atoms with Gasteiger partial charge in [-0.2, -0.15) is 60.0 Å². The first-order valence-electron chi connectivity index (χ1n) is 4.76. The van der Waals surface area contributed by atoms with E-state index < -0.39 is 0 Å². The molecule has 0 bridgehead atoms. The minimum absolute atomic E-state index is 0. The van der Waals surface area contributed by atoms with E-state index in [1.807, 2.05) is 12.1 Å². The van der Waals surface area contributed by atoms with E-state index in [1.54, 1.807) is 42.3 Å². The zero-order valence-electron chi connectivity index (χ0n) is 11.7. The molecule has 1 rings (SSSR count). The van der Waals surface area contributed by atoms with Gasteiger partial charge in [-0.1, -0.05) is 6.92 Å². The van der Waals surface area contributed by atoms with Crippen LogP contribution in [0.1, 0.15) is 5.56 Å². The Bertz CT molecular complexity index is 149. The Labute approximate surface area is 121 Å². The maximum atomic E-state index is 3.50. The first kappa shape index (κ1) is 25.1. The molecule has 0 atom stereocenters. The zero-order valence-corrected chi connectivity index (χ0v) is 14.1. The molecule has 0 spiro atoms. The summed E-state index contributed by atoms with van der Waals surface area (Å²) in [4.78, 5) is 0. The molecule has 0 radical (unpaired) electrons. The topological polar surface area (TPSA) is 42.3 Å². The van der Waals surface area contributed by atoms with Crippen LogP contribution < -0.4 is 0 Å². The van der Waals surface area contributed by atoms with Crippen molar-refractivity contribution in [3.63, 3.8) is 0 Å². The molecule has 1 aromatic rings. The molecule has 0 saturated carbocycles. The van der Waals surface area contributed by atoms with Gasteiger partial charge in [0.05, 0.1) is 0 Å². The van der Waals surface area contributed by atoms with Crippen molar-refractivity contribution < 1.29 is 26.2 Å². The predicted molar refractivity (Wildman–Crippen MR) is 72.4 cm³/mol. The average Bonchev–Trinajstić information content (AvgIpc) is 2.60. The molecule has 0 saturated heterocycles. The van der Waals surface area contributed by atoms with Crippen molar-refractivity contribution in [1.29, 1.82) is 0 Å². The van der Waals surface area contributed by atoms with Crippen LogP contribution in [0, 0.1) is 6.92 Å². The fraction of sp³-hybridized carbons (Fsp3) is 0.583. The van der Waals surface area contributed by atoms with Crippen molar-refractivity contribution in [1.82, 2.24) is 0 Å². The van der Waals surface area contributed by atoms with Crippen LogP contribution in [-0.2, 0) is 26.2 Å². The molecule has 0 aliphatic rings. The third-order valence-electron chi connectivity index (χ3n) is 0.829. The SMILES string of the molecule is C[N-]C.C[N-]C.C[N-]C.C[c-]1cccc1.[Zr+4]. The van der Waals surface area contributed by atoms with Crippen molar-refractivity contribution in [2.75, 3.05) is 42.3 Å². The van der Waals surface area contributed by atoms with Gasteiger partial charge in [0.2, 0.25) is 0 Å². The van der Waals surface area contributed by atoms with E-state index in [2.05, 4.69) is 35.0 Å². The summed E-state index contributed by atoms with van der Waals surface area (Å²) in [5.41, 5.74) is 1.34. The zero-order chi connectivity index (χ0) is 12.5. The number of hydrogen-bond acceptors (Lipinski definition) is 0. The number of rotatable bonds is 0. The van der Waals surface area contributed by atoms with E-state index in [0.717, 1.165) is 0 Å². The number of aryl methyl sites for hydroxylation is 1. The third kappa shape index (κ3) is 48.0. The first-order chi connectivity index (χ1) is 7.14. The number of hydrogen-bond donors (Lipinski definition) is 0. The fourth-order valence-electron chi connectivity index (χ4n) is 0.470. The Morgan fingerprint density at radius 3 is 0.938 bits per heavy atom. The molecule has 1 aromatic carbocycles. The van der Waals surface area contributed by atoms with E-state index >= 15 is 0 Å². The maximum absolute atomic E-state index is 3.50. The van der Waals surface area contributed by atoms with Crippen LogP contribution in [0.25, 0.3) is 16.0 Å². The Morgan fingerprint density at radius 1 is 0.688 bits per heavy atom. The molecule has 3 nitrogen and oxygen atoms in total. The summed E-state index contributed by atoms with van der Waals surface area (Å²) in [6.45, 7) is 2.08. The minimum atomic E-state index is 0. The van der Waals surface area contributed by atoms with Crippen molar-refractivity contribution in [3.8, 4) is 0 Å². The van der Waals surface area contributed by atoms with Gasteiger partial charge in [0.15, 0.2) is 0 Å². The van der Waals surface area contributed by atoms with Gasteiger partial charge in [-0.15, -0.1) is 0 Å². The van der Waals surface area contributed by atoms with E-state index in [9.17, 15) is 0 Å². The molecule has 0 fully saturated rings. The van der Waals surface area contributed by atoms with E-state index in [4.69, 9.17) is 0 Å². The van der Waals surface area contributed by atoms with Gasteiger partial charge in [0, 0.05) is 0 Å². The van der Waals surface area contributed by atoms with Crippen molar-refractivity contribution in [2.45, 2.75) is 6.92 Å². The Kier molecular flexibility index (Phi) is 46.1. The van der Waals surface area contributed by atoms with Gasteiger partial charge in [0.1, 0.15) is 0 Å². The molecule has 4 heteroatoms. The van der Waals surface area contributed by atoms with Crippen LogP contribution in [0.3, 0.4) is 0 Å². The molecule has 0 heterocycles. The maximum Gasteiger partial charge on any atom is 4.00 e. The summed E-state index contributed by atoms with van der Waals surface area (Å²) < 4.78 is 0. The van der Waals surface area contributed by atoms with Gasteiger partial charge in [-0.25, -0.2) is 12.1 Å². The molecule has 92 valence electrons. The quantitative estimate of drug-likeness (QED) is 0.658. The van der Waals surface area contributed by atoms with Crippen LogP contribution in [0.5, 0.6) is 0 Å². The number of nitrogens with zero attached hydrogens (tertiary/aromatic N) is 3. The minimum Gasteiger partial charge on any atom is -0.668 e. The monoisotopic (exact) mass is 301 g/mol. The molecular weight excluding hydrogens is 277 g/mol. The predicted octanol–water partition coefficient (Wildman–Crippen LogP) is 3.57. The molecular formula is C12H25N3Zr. The van der Waals surface area contributed by atoms with Crippen LogP contribution in [0.4, 0.5) is 0 Å². The van der Waals surface area contributed by atoms with Gasteiger partial charge in [-0.05, 0) is 0 Å². The summed E-state index contributed by atoms with van der Waals surface area (Å²) >= 11 is 0. The van der Waals surface area contributed by atoms with Crippen LogP contribution in [0.15, 0.2) is 24.3 Å². The summed E-state index contributed by atoms with van der Waals surface area (Å²) in [6.07, 6.45) is 0. The second kappa shape index (κ2) is 29.4. The molecule has 0 aromatic heterocycles. The van der Waals surface area contributed by atoms with Crippen molar-refractivity contribution >= 4 is 0 Å². The Balaban J connectivity index is -0.0000000637. The summed E-state index contributed by atoms with van der Waals surface area (Å²) in [7, 11) is 10.5. The van der Waals surface area contributed by atoms with Gasteiger partial charge in [0.25, 0.3) is 0 Å². The van der Waals surface area contributed by atoms with Gasteiger partial charge >= 0.3 is 26.2 Å². The molecule has 0 unspecified atom stereocenters. The molecule has 0 aliphatic carbocycles. The summed E-state index contributed by atoms with van der Waals surface area (Å²) in [6, 6.07) is 8.24. The molecule has 0 aliphatic heterocycles. The Morgan fingerprint density at radius 2 is 0.875 bits per heavy atom. The molecule has 0 N–H and O–H groups in total. The normalized spacial score (nSPS) is 6.69. The third-order valence-corrected chi connectivity index (χ3v) is 0.829. The van der Waals surface area contributed by atoms with Crippen molar-refractivity contribution in [3.05, 3.63) is 45.8 Å².